The van der Waals surface area contributed by atoms with E-state index in [-0.39, 0.29) is 11.7 Å². The summed E-state index contributed by atoms with van der Waals surface area (Å²) in [5.41, 5.74) is 1.62. The predicted octanol–water partition coefficient (Wildman–Crippen LogP) is 3.75. The number of nitrogens with zero attached hydrogens (tertiary/aromatic N) is 4. The molecule has 0 bridgehead atoms. The largest absolute Gasteiger partial charge is 0.508 e. The summed E-state index contributed by atoms with van der Waals surface area (Å²) in [5.74, 6) is 1.96. The summed E-state index contributed by atoms with van der Waals surface area (Å²) in [5, 5.41) is 19.0. The molecule has 0 aliphatic carbocycles. The molecule has 2 heterocycles. The number of phenols is 1. The highest BCUT2D eigenvalue weighted by Crippen LogP contribution is 2.33. The summed E-state index contributed by atoms with van der Waals surface area (Å²) in [6.45, 7) is 4.13. The molecule has 30 heavy (non-hydrogen) atoms. The average Bonchev–Trinajstić information content (AvgIpc) is 3.44. The first-order valence-electron chi connectivity index (χ1n) is 10.0. The molecule has 0 atom stereocenters. The van der Waals surface area contributed by atoms with E-state index >= 15 is 0 Å². The normalized spacial score (nSPS) is 13.6. The van der Waals surface area contributed by atoms with Gasteiger partial charge in [0.25, 0.3) is 0 Å². The zero-order valence-corrected chi connectivity index (χ0v) is 17.6. The van der Waals surface area contributed by atoms with Gasteiger partial charge in [0.15, 0.2) is 11.0 Å². The van der Waals surface area contributed by atoms with Crippen LogP contribution in [-0.2, 0) is 4.79 Å². The number of thioether (sulfide) groups is 1. The fourth-order valence-electron chi connectivity index (χ4n) is 3.48. The van der Waals surface area contributed by atoms with Crippen LogP contribution >= 0.6 is 11.8 Å². The summed E-state index contributed by atoms with van der Waals surface area (Å²) >= 11 is 1.38. The lowest BCUT2D eigenvalue weighted by Crippen LogP contribution is -2.29. The standard InChI is InChI=1S/C22H24N4O3S/c1-2-29-19-8-4-3-7-18(19)26-21(16-9-11-17(27)12-10-16)23-24-22(26)30-15-20(28)25-13-5-6-14-25/h3-4,7-12,27H,2,5-6,13-15H2,1H3. The van der Waals surface area contributed by atoms with E-state index in [0.717, 1.165) is 37.2 Å². The first kappa shape index (κ1) is 20.3. The molecule has 1 aliphatic rings. The maximum absolute atomic E-state index is 12.5. The van der Waals surface area contributed by atoms with Crippen LogP contribution in [0.2, 0.25) is 0 Å². The molecule has 0 saturated carbocycles. The molecule has 156 valence electrons. The molecule has 3 aromatic rings. The van der Waals surface area contributed by atoms with Crippen molar-refractivity contribution in [2.45, 2.75) is 24.9 Å². The molecule has 0 radical (unpaired) electrons. The van der Waals surface area contributed by atoms with Gasteiger partial charge in [0.1, 0.15) is 11.5 Å². The second-order valence-corrected chi connectivity index (χ2v) is 7.91. The highest BCUT2D eigenvalue weighted by Gasteiger charge is 2.22. The van der Waals surface area contributed by atoms with Crippen LogP contribution in [0, 0.1) is 0 Å². The number of benzene rings is 2. The number of carbonyl (C=O) groups excluding carboxylic acids is 1. The topological polar surface area (TPSA) is 80.5 Å². The van der Waals surface area contributed by atoms with Crippen molar-refractivity contribution in [2.24, 2.45) is 0 Å². The average molecular weight is 425 g/mol. The van der Waals surface area contributed by atoms with Gasteiger partial charge >= 0.3 is 0 Å². The van der Waals surface area contributed by atoms with Crippen LogP contribution in [0.25, 0.3) is 17.1 Å². The van der Waals surface area contributed by atoms with Crippen molar-refractivity contribution in [1.29, 1.82) is 0 Å². The first-order valence-corrected chi connectivity index (χ1v) is 11.0. The van der Waals surface area contributed by atoms with Gasteiger partial charge < -0.3 is 14.7 Å². The number of hydrogen-bond donors (Lipinski definition) is 1. The molecular weight excluding hydrogens is 400 g/mol. The number of phenolic OH excluding ortho intramolecular Hbond substituents is 1. The van der Waals surface area contributed by atoms with Crippen molar-refractivity contribution < 1.29 is 14.6 Å². The minimum absolute atomic E-state index is 0.122. The van der Waals surface area contributed by atoms with Crippen molar-refractivity contribution >= 4 is 17.7 Å². The minimum Gasteiger partial charge on any atom is -0.508 e. The van der Waals surface area contributed by atoms with Crippen molar-refractivity contribution in [1.82, 2.24) is 19.7 Å². The zero-order valence-electron chi connectivity index (χ0n) is 16.8. The molecule has 1 saturated heterocycles. The number of aromatic hydroxyl groups is 1. The van der Waals surface area contributed by atoms with Crippen molar-refractivity contribution in [3.8, 4) is 28.6 Å². The molecule has 1 amide bonds. The Labute approximate surface area is 179 Å². The van der Waals surface area contributed by atoms with E-state index in [4.69, 9.17) is 4.74 Å². The lowest BCUT2D eigenvalue weighted by molar-refractivity contribution is -0.127. The lowest BCUT2D eigenvalue weighted by Gasteiger charge is -2.16. The van der Waals surface area contributed by atoms with Crippen molar-refractivity contribution in [3.05, 3.63) is 48.5 Å². The number of likely N-dealkylation sites (tertiary alicyclic amines) is 1. The van der Waals surface area contributed by atoms with Gasteiger partial charge in [-0.2, -0.15) is 0 Å². The predicted molar refractivity (Wildman–Crippen MR) is 116 cm³/mol. The molecule has 2 aromatic carbocycles. The summed E-state index contributed by atoms with van der Waals surface area (Å²) in [6, 6.07) is 14.5. The third kappa shape index (κ3) is 4.28. The Morgan fingerprint density at radius 3 is 2.57 bits per heavy atom. The van der Waals surface area contributed by atoms with E-state index < -0.39 is 0 Å². The van der Waals surface area contributed by atoms with E-state index in [0.29, 0.717) is 29.1 Å². The van der Waals surface area contributed by atoms with Crippen LogP contribution < -0.4 is 4.74 Å². The molecule has 1 aromatic heterocycles. The second kappa shape index (κ2) is 9.21. The summed E-state index contributed by atoms with van der Waals surface area (Å²) < 4.78 is 7.75. The minimum atomic E-state index is 0.122. The Kier molecular flexibility index (Phi) is 6.23. The molecule has 1 fully saturated rings. The van der Waals surface area contributed by atoms with Crippen LogP contribution in [-0.4, -0.2) is 56.1 Å². The summed E-state index contributed by atoms with van der Waals surface area (Å²) in [6.07, 6.45) is 2.14. The van der Waals surface area contributed by atoms with Gasteiger partial charge in [-0.25, -0.2) is 0 Å². The Morgan fingerprint density at radius 1 is 1.10 bits per heavy atom. The monoisotopic (exact) mass is 424 g/mol. The maximum Gasteiger partial charge on any atom is 0.233 e. The van der Waals surface area contributed by atoms with Gasteiger partial charge in [0.05, 0.1) is 18.0 Å². The first-order chi connectivity index (χ1) is 14.7. The van der Waals surface area contributed by atoms with E-state index in [9.17, 15) is 9.90 Å². The smallest absolute Gasteiger partial charge is 0.233 e. The highest BCUT2D eigenvalue weighted by atomic mass is 32.2. The van der Waals surface area contributed by atoms with Gasteiger partial charge in [-0.3, -0.25) is 9.36 Å². The van der Waals surface area contributed by atoms with Crippen LogP contribution in [0.15, 0.2) is 53.7 Å². The Bertz CT molecular complexity index is 1010. The van der Waals surface area contributed by atoms with Crippen LogP contribution in [0.5, 0.6) is 11.5 Å². The SMILES string of the molecule is CCOc1ccccc1-n1c(SCC(=O)N2CCCC2)nnc1-c1ccc(O)cc1. The number of amides is 1. The number of hydrogen-bond acceptors (Lipinski definition) is 6. The maximum atomic E-state index is 12.5. The van der Waals surface area contributed by atoms with E-state index in [2.05, 4.69) is 10.2 Å². The Morgan fingerprint density at radius 2 is 1.83 bits per heavy atom. The van der Waals surface area contributed by atoms with E-state index in [1.54, 1.807) is 24.3 Å². The number of para-hydroxylation sites is 2. The fraction of sp³-hybridized carbons (Fsp3) is 0.318. The third-order valence-electron chi connectivity index (χ3n) is 4.95. The Hall–Kier alpha value is -3.00. The van der Waals surface area contributed by atoms with Crippen molar-refractivity contribution in [3.63, 3.8) is 0 Å². The lowest BCUT2D eigenvalue weighted by atomic mass is 10.2. The third-order valence-corrected chi connectivity index (χ3v) is 5.86. The fourth-order valence-corrected chi connectivity index (χ4v) is 4.33. The van der Waals surface area contributed by atoms with Crippen LogP contribution in [0.3, 0.4) is 0 Å². The van der Waals surface area contributed by atoms with Gasteiger partial charge in [-0.15, -0.1) is 10.2 Å². The van der Waals surface area contributed by atoms with Crippen molar-refractivity contribution in [2.75, 3.05) is 25.4 Å². The molecule has 1 N–H and O–H groups in total. The highest BCUT2D eigenvalue weighted by molar-refractivity contribution is 7.99. The molecular formula is C22H24N4O3S. The van der Waals surface area contributed by atoms with Gasteiger partial charge in [-0.1, -0.05) is 23.9 Å². The molecule has 0 unspecified atom stereocenters. The quantitative estimate of drug-likeness (QED) is 0.582. The summed E-state index contributed by atoms with van der Waals surface area (Å²) in [4.78, 5) is 14.5. The number of ether oxygens (including phenoxy) is 1. The van der Waals surface area contributed by atoms with Gasteiger partial charge in [-0.05, 0) is 56.2 Å². The Balaban J connectivity index is 1.71. The molecule has 0 spiro atoms. The molecule has 4 rings (SSSR count). The van der Waals surface area contributed by atoms with Gasteiger partial charge in [0.2, 0.25) is 5.91 Å². The van der Waals surface area contributed by atoms with Gasteiger partial charge in [0, 0.05) is 18.7 Å². The summed E-state index contributed by atoms with van der Waals surface area (Å²) in [7, 11) is 0. The van der Waals surface area contributed by atoms with E-state index in [1.807, 2.05) is 40.7 Å². The molecule has 1 aliphatic heterocycles. The van der Waals surface area contributed by atoms with Crippen LogP contribution in [0.1, 0.15) is 19.8 Å². The second-order valence-electron chi connectivity index (χ2n) is 6.97. The zero-order chi connectivity index (χ0) is 20.9. The molecule has 7 nitrogen and oxygen atoms in total. The number of rotatable bonds is 7. The number of aromatic nitrogens is 3. The van der Waals surface area contributed by atoms with Crippen LogP contribution in [0.4, 0.5) is 0 Å². The number of carbonyl (C=O) groups is 1. The molecule has 8 heteroatoms. The van der Waals surface area contributed by atoms with E-state index in [1.165, 1.54) is 11.8 Å².